The maximum Gasteiger partial charge on any atom is 0.321 e. The molecule has 0 spiro atoms. The summed E-state index contributed by atoms with van der Waals surface area (Å²) in [5.41, 5.74) is 1.43. The molecule has 0 radical (unpaired) electrons. The highest BCUT2D eigenvalue weighted by molar-refractivity contribution is 6.30. The van der Waals surface area contributed by atoms with Crippen LogP contribution in [0.3, 0.4) is 0 Å². The molecule has 0 aromatic heterocycles. The van der Waals surface area contributed by atoms with Crippen LogP contribution in [0.15, 0.2) is 53.5 Å². The molecule has 2 aromatic rings. The van der Waals surface area contributed by atoms with Crippen molar-refractivity contribution in [2.24, 2.45) is 4.99 Å². The smallest absolute Gasteiger partial charge is 0.321 e. The lowest BCUT2D eigenvalue weighted by atomic mass is 10.2. The number of hydrogen-bond acceptors (Lipinski definition) is 4. The van der Waals surface area contributed by atoms with Crippen LogP contribution in [0.4, 0.5) is 10.5 Å². The number of phenols is 1. The van der Waals surface area contributed by atoms with Gasteiger partial charge in [-0.15, -0.1) is 0 Å². The zero-order valence-electron chi connectivity index (χ0n) is 14.3. The molecule has 0 saturated carbocycles. The van der Waals surface area contributed by atoms with E-state index >= 15 is 0 Å². The Bertz CT molecular complexity index is 807. The van der Waals surface area contributed by atoms with Crippen LogP contribution in [0, 0.1) is 0 Å². The van der Waals surface area contributed by atoms with E-state index in [-0.39, 0.29) is 24.7 Å². The summed E-state index contributed by atoms with van der Waals surface area (Å²) in [5, 5.41) is 26.6. The van der Waals surface area contributed by atoms with Crippen molar-refractivity contribution >= 4 is 35.2 Å². The minimum Gasteiger partial charge on any atom is -0.508 e. The van der Waals surface area contributed by atoms with Gasteiger partial charge in [-0.05, 0) is 42.0 Å². The number of guanidine groups is 1. The number of aliphatic carboxylic acids is 1. The predicted molar refractivity (Wildman–Crippen MR) is 102 cm³/mol. The Kier molecular flexibility index (Phi) is 7.45. The highest BCUT2D eigenvalue weighted by Crippen LogP contribution is 2.16. The molecule has 9 heteroatoms. The number of benzene rings is 2. The highest BCUT2D eigenvalue weighted by Gasteiger charge is 2.07. The summed E-state index contributed by atoms with van der Waals surface area (Å²) in [7, 11) is 0. The third-order valence-corrected chi connectivity index (χ3v) is 3.57. The van der Waals surface area contributed by atoms with E-state index in [0.29, 0.717) is 17.3 Å². The lowest BCUT2D eigenvalue weighted by molar-refractivity contribution is -0.136. The Labute approximate surface area is 160 Å². The first-order valence-electron chi connectivity index (χ1n) is 8.05. The van der Waals surface area contributed by atoms with Crippen molar-refractivity contribution in [2.45, 2.75) is 13.0 Å². The third-order valence-electron chi connectivity index (χ3n) is 3.32. The number of carboxylic acids is 1. The minimum atomic E-state index is -1.01. The molecule has 0 bridgehead atoms. The minimum absolute atomic E-state index is 0.00909. The summed E-state index contributed by atoms with van der Waals surface area (Å²) in [5.74, 6) is -0.735. The van der Waals surface area contributed by atoms with E-state index in [9.17, 15) is 14.7 Å². The molecule has 0 aliphatic heterocycles. The lowest BCUT2D eigenvalue weighted by Gasteiger charge is -2.12. The number of urea groups is 1. The van der Waals surface area contributed by atoms with Gasteiger partial charge in [0.25, 0.3) is 0 Å². The maximum absolute atomic E-state index is 11.9. The number of carbonyl (C=O) groups is 2. The molecule has 27 heavy (non-hydrogen) atoms. The van der Waals surface area contributed by atoms with Crippen molar-refractivity contribution in [3.63, 3.8) is 0 Å². The molecule has 0 aliphatic rings. The van der Waals surface area contributed by atoms with E-state index in [2.05, 4.69) is 20.9 Å². The van der Waals surface area contributed by atoms with Gasteiger partial charge in [-0.1, -0.05) is 23.7 Å². The third kappa shape index (κ3) is 7.66. The van der Waals surface area contributed by atoms with Crippen LogP contribution in [0.5, 0.6) is 5.75 Å². The number of halogens is 1. The van der Waals surface area contributed by atoms with Crippen LogP contribution in [0.2, 0.25) is 5.02 Å². The lowest BCUT2D eigenvalue weighted by Crippen LogP contribution is -2.46. The zero-order valence-corrected chi connectivity index (χ0v) is 15.0. The van der Waals surface area contributed by atoms with Crippen LogP contribution in [0.25, 0.3) is 0 Å². The van der Waals surface area contributed by atoms with E-state index in [1.54, 1.807) is 24.3 Å². The number of carboxylic acid groups (broad SMARTS) is 1. The quantitative estimate of drug-likeness (QED) is 0.383. The molecule has 0 aliphatic carbocycles. The number of rotatable bonds is 6. The Morgan fingerprint density at radius 3 is 2.30 bits per heavy atom. The predicted octanol–water partition coefficient (Wildman–Crippen LogP) is 2.60. The molecular formula is C18H19ClN4O4. The second-order valence-corrected chi connectivity index (χ2v) is 5.92. The second-order valence-electron chi connectivity index (χ2n) is 5.48. The number of phenolic OH excluding ortho intramolecular Hbond substituents is 1. The molecule has 2 amide bonds. The van der Waals surface area contributed by atoms with Crippen LogP contribution in [-0.4, -0.2) is 34.7 Å². The zero-order chi connectivity index (χ0) is 19.6. The van der Waals surface area contributed by atoms with E-state index < -0.39 is 12.0 Å². The molecule has 0 atom stereocenters. The monoisotopic (exact) mass is 390 g/mol. The summed E-state index contributed by atoms with van der Waals surface area (Å²) in [6, 6.07) is 12.7. The van der Waals surface area contributed by atoms with Gasteiger partial charge in [0.2, 0.25) is 5.96 Å². The largest absolute Gasteiger partial charge is 0.508 e. The van der Waals surface area contributed by atoms with E-state index in [4.69, 9.17) is 16.7 Å². The summed E-state index contributed by atoms with van der Waals surface area (Å²) < 4.78 is 0. The first-order valence-corrected chi connectivity index (χ1v) is 8.43. The van der Waals surface area contributed by atoms with E-state index in [1.165, 1.54) is 12.1 Å². The van der Waals surface area contributed by atoms with Gasteiger partial charge in [0.05, 0.1) is 12.1 Å². The Hall–Kier alpha value is -3.26. The van der Waals surface area contributed by atoms with Gasteiger partial charge in [-0.3, -0.25) is 10.1 Å². The van der Waals surface area contributed by atoms with Crippen molar-refractivity contribution < 1.29 is 19.8 Å². The fourth-order valence-electron chi connectivity index (χ4n) is 1.99. The molecule has 2 rings (SSSR count). The number of aliphatic imine (C=N–C) groups is 1. The van der Waals surface area contributed by atoms with Crippen molar-refractivity contribution in [3.8, 4) is 5.75 Å². The molecule has 8 nitrogen and oxygen atoms in total. The van der Waals surface area contributed by atoms with E-state index in [1.807, 2.05) is 12.1 Å². The topological polar surface area (TPSA) is 123 Å². The number of amides is 2. The van der Waals surface area contributed by atoms with Gasteiger partial charge in [0.1, 0.15) is 5.75 Å². The van der Waals surface area contributed by atoms with Gasteiger partial charge < -0.3 is 20.8 Å². The first-order chi connectivity index (χ1) is 12.9. The van der Waals surface area contributed by atoms with Gasteiger partial charge in [-0.25, -0.2) is 9.79 Å². The Morgan fingerprint density at radius 2 is 1.67 bits per heavy atom. The van der Waals surface area contributed by atoms with Crippen molar-refractivity contribution in [3.05, 3.63) is 59.1 Å². The number of nitrogens with one attached hydrogen (secondary N) is 3. The Morgan fingerprint density at radius 1 is 1.00 bits per heavy atom. The maximum atomic E-state index is 11.9. The number of hydrogen-bond donors (Lipinski definition) is 5. The van der Waals surface area contributed by atoms with Crippen molar-refractivity contribution in [1.82, 2.24) is 16.0 Å². The van der Waals surface area contributed by atoms with Crippen LogP contribution in [-0.2, 0) is 11.3 Å². The number of carbonyl (C=O) groups excluding carboxylic acids is 1. The van der Waals surface area contributed by atoms with Crippen molar-refractivity contribution in [1.29, 1.82) is 0 Å². The molecule has 5 N–H and O–H groups in total. The molecule has 0 saturated heterocycles. The normalized spacial score (nSPS) is 10.9. The molecule has 0 heterocycles. The molecule has 0 unspecified atom stereocenters. The fourth-order valence-corrected chi connectivity index (χ4v) is 2.12. The van der Waals surface area contributed by atoms with Gasteiger partial charge in [-0.2, -0.15) is 0 Å². The second kappa shape index (κ2) is 10.0. The molecule has 2 aromatic carbocycles. The average Bonchev–Trinajstić information content (AvgIpc) is 2.62. The van der Waals surface area contributed by atoms with Crippen LogP contribution >= 0.6 is 11.6 Å². The Balaban J connectivity index is 2.05. The number of nitrogens with zero attached hydrogens (tertiary/aromatic N) is 1. The van der Waals surface area contributed by atoms with E-state index in [0.717, 1.165) is 5.56 Å². The summed E-state index contributed by atoms with van der Waals surface area (Å²) in [6.07, 6.45) is -0.184. The van der Waals surface area contributed by atoms with Gasteiger partial charge in [0.15, 0.2) is 0 Å². The van der Waals surface area contributed by atoms with Crippen LogP contribution < -0.4 is 16.0 Å². The summed E-state index contributed by atoms with van der Waals surface area (Å²) in [4.78, 5) is 26.8. The van der Waals surface area contributed by atoms with Gasteiger partial charge in [0, 0.05) is 18.1 Å². The summed E-state index contributed by atoms with van der Waals surface area (Å²) in [6.45, 7) is 0.369. The summed E-state index contributed by atoms with van der Waals surface area (Å²) >= 11 is 5.86. The first kappa shape index (κ1) is 20.1. The standard InChI is InChI=1S/C18H19ClN4O4/c19-13-3-1-12(2-4-13)11-21-17(22-14-5-7-15(24)8-6-14)23-18(27)20-10-9-16(25)26/h1-8,24H,9-11H2,(H,25,26)(H3,20,21,22,23,27). The molecular weight excluding hydrogens is 372 g/mol. The molecule has 0 fully saturated rings. The SMILES string of the molecule is O=C(O)CCNC(=O)N/C(=N\c1ccc(O)cc1)NCc1ccc(Cl)cc1. The van der Waals surface area contributed by atoms with Crippen molar-refractivity contribution in [2.75, 3.05) is 6.54 Å². The highest BCUT2D eigenvalue weighted by atomic mass is 35.5. The average molecular weight is 391 g/mol. The van der Waals surface area contributed by atoms with Gasteiger partial charge >= 0.3 is 12.0 Å². The van der Waals surface area contributed by atoms with Crippen LogP contribution in [0.1, 0.15) is 12.0 Å². The number of aromatic hydroxyl groups is 1. The fraction of sp³-hybridized carbons (Fsp3) is 0.167. The molecule has 142 valence electrons.